The molecular weight excluding hydrogens is 254 g/mol. The van der Waals surface area contributed by atoms with Crippen LogP contribution in [0.25, 0.3) is 0 Å². The van der Waals surface area contributed by atoms with Crippen molar-refractivity contribution in [2.24, 2.45) is 0 Å². The molecule has 1 aromatic heterocycles. The molecule has 2 N–H and O–H groups in total. The third-order valence-corrected chi connectivity index (χ3v) is 2.44. The summed E-state index contributed by atoms with van der Waals surface area (Å²) in [6.45, 7) is 2.69. The number of carbonyl (C=O) groups is 2. The van der Waals surface area contributed by atoms with Crippen molar-refractivity contribution in [3.05, 3.63) is 32.6 Å². The van der Waals surface area contributed by atoms with Crippen LogP contribution in [0.1, 0.15) is 12.5 Å². The summed E-state index contributed by atoms with van der Waals surface area (Å²) in [5.74, 6) is -1.12. The molecule has 1 aromatic rings. The van der Waals surface area contributed by atoms with Crippen LogP contribution in [0.2, 0.25) is 0 Å². The summed E-state index contributed by atoms with van der Waals surface area (Å²) < 4.78 is 5.50. The van der Waals surface area contributed by atoms with Gasteiger partial charge in [-0.2, -0.15) is 0 Å². The third-order valence-electron chi connectivity index (χ3n) is 2.44. The number of hydrogen-bond donors (Lipinski definition) is 2. The number of hydrogen-bond acceptors (Lipinski definition) is 5. The lowest BCUT2D eigenvalue weighted by atomic mass is 10.3. The largest absolute Gasteiger partial charge is 0.467 e. The molecule has 1 rings (SSSR count). The van der Waals surface area contributed by atoms with Crippen molar-refractivity contribution >= 4 is 11.9 Å². The minimum absolute atomic E-state index is 0.294. The van der Waals surface area contributed by atoms with Gasteiger partial charge in [0.15, 0.2) is 0 Å². The number of nitrogens with one attached hydrogen (secondary N) is 2. The van der Waals surface area contributed by atoms with Gasteiger partial charge in [-0.1, -0.05) is 0 Å². The second-order valence-electron chi connectivity index (χ2n) is 4.01. The summed E-state index contributed by atoms with van der Waals surface area (Å²) in [5.41, 5.74) is -0.866. The van der Waals surface area contributed by atoms with Gasteiger partial charge in [-0.25, -0.2) is 9.59 Å². The topological polar surface area (TPSA) is 110 Å². The Hall–Kier alpha value is -2.38. The average Bonchev–Trinajstić information content (AvgIpc) is 2.34. The number of H-pyrrole nitrogens is 1. The smallest absolute Gasteiger partial charge is 0.328 e. The number of carbonyl (C=O) groups excluding carboxylic acids is 2. The molecule has 0 aliphatic rings. The SMILES string of the molecule is COC(=O)[C@H](C)NC(=O)Cn1cc(C)c(=O)[nH]c1=O. The van der Waals surface area contributed by atoms with Crippen molar-refractivity contribution in [3.63, 3.8) is 0 Å². The van der Waals surface area contributed by atoms with Gasteiger partial charge < -0.3 is 10.1 Å². The Morgan fingerprint density at radius 1 is 1.47 bits per heavy atom. The number of amides is 1. The van der Waals surface area contributed by atoms with E-state index in [1.807, 2.05) is 0 Å². The van der Waals surface area contributed by atoms with Crippen molar-refractivity contribution in [1.82, 2.24) is 14.9 Å². The fourth-order valence-electron chi connectivity index (χ4n) is 1.41. The molecular formula is C11H15N3O5. The molecule has 0 spiro atoms. The van der Waals surface area contributed by atoms with E-state index in [-0.39, 0.29) is 6.54 Å². The molecule has 8 heteroatoms. The molecule has 0 aliphatic carbocycles. The highest BCUT2D eigenvalue weighted by atomic mass is 16.5. The normalized spacial score (nSPS) is 11.7. The summed E-state index contributed by atoms with van der Waals surface area (Å²) in [4.78, 5) is 47.4. The standard InChI is InChI=1S/C11H15N3O5/c1-6-4-14(11(18)13-9(6)16)5-8(15)12-7(2)10(17)19-3/h4,7H,5H2,1-3H3,(H,12,15)(H,13,16,18)/t7-/m0/s1. The van der Waals surface area contributed by atoms with Crippen LogP contribution in [0.15, 0.2) is 15.8 Å². The average molecular weight is 269 g/mol. The summed E-state index contributed by atoms with van der Waals surface area (Å²) in [6.07, 6.45) is 1.28. The molecule has 1 heterocycles. The first-order chi connectivity index (χ1) is 8.85. The van der Waals surface area contributed by atoms with E-state index in [0.29, 0.717) is 5.56 Å². The molecule has 0 saturated heterocycles. The van der Waals surface area contributed by atoms with E-state index in [1.165, 1.54) is 27.2 Å². The number of ether oxygens (including phenoxy) is 1. The molecule has 0 aliphatic heterocycles. The Morgan fingerprint density at radius 2 is 2.11 bits per heavy atom. The van der Waals surface area contributed by atoms with Crippen LogP contribution in [0.5, 0.6) is 0 Å². The number of aromatic amines is 1. The van der Waals surface area contributed by atoms with Gasteiger partial charge in [0, 0.05) is 11.8 Å². The van der Waals surface area contributed by atoms with Crippen LogP contribution in [0, 0.1) is 6.92 Å². The maximum Gasteiger partial charge on any atom is 0.328 e. The lowest BCUT2D eigenvalue weighted by molar-refractivity contribution is -0.144. The Kier molecular flexibility index (Phi) is 4.62. The zero-order valence-electron chi connectivity index (χ0n) is 10.9. The molecule has 8 nitrogen and oxygen atoms in total. The highest BCUT2D eigenvalue weighted by Crippen LogP contribution is 1.89. The van der Waals surface area contributed by atoms with Crippen LogP contribution in [-0.2, 0) is 20.9 Å². The van der Waals surface area contributed by atoms with Crippen molar-refractivity contribution < 1.29 is 14.3 Å². The molecule has 0 unspecified atom stereocenters. The third kappa shape index (κ3) is 3.80. The zero-order valence-corrected chi connectivity index (χ0v) is 10.9. The second kappa shape index (κ2) is 5.98. The first kappa shape index (κ1) is 14.7. The lowest BCUT2D eigenvalue weighted by Crippen LogP contribution is -2.43. The quantitative estimate of drug-likeness (QED) is 0.648. The molecule has 0 radical (unpaired) electrons. The highest BCUT2D eigenvalue weighted by molar-refractivity contribution is 5.83. The van der Waals surface area contributed by atoms with E-state index in [1.54, 1.807) is 0 Å². The maximum atomic E-state index is 11.6. The fraction of sp³-hybridized carbons (Fsp3) is 0.455. The highest BCUT2D eigenvalue weighted by Gasteiger charge is 2.16. The number of aryl methyl sites for hydroxylation is 1. The van der Waals surface area contributed by atoms with E-state index in [4.69, 9.17) is 0 Å². The minimum atomic E-state index is -0.808. The van der Waals surface area contributed by atoms with Crippen molar-refractivity contribution in [1.29, 1.82) is 0 Å². The van der Waals surface area contributed by atoms with Crippen LogP contribution < -0.4 is 16.6 Å². The van der Waals surface area contributed by atoms with Crippen molar-refractivity contribution in [3.8, 4) is 0 Å². The lowest BCUT2D eigenvalue weighted by Gasteiger charge is -2.12. The van der Waals surface area contributed by atoms with Gasteiger partial charge >= 0.3 is 11.7 Å². The molecule has 19 heavy (non-hydrogen) atoms. The van der Waals surface area contributed by atoms with Gasteiger partial charge in [0.05, 0.1) is 7.11 Å². The van der Waals surface area contributed by atoms with E-state index in [0.717, 1.165) is 4.57 Å². The number of rotatable bonds is 4. The number of aromatic nitrogens is 2. The number of esters is 1. The van der Waals surface area contributed by atoms with Crippen molar-refractivity contribution in [2.45, 2.75) is 26.4 Å². The molecule has 1 atom stereocenters. The van der Waals surface area contributed by atoms with Crippen LogP contribution in [0.3, 0.4) is 0 Å². The van der Waals surface area contributed by atoms with Gasteiger partial charge in [-0.15, -0.1) is 0 Å². The van der Waals surface area contributed by atoms with Gasteiger partial charge in [0.2, 0.25) is 5.91 Å². The summed E-state index contributed by atoms with van der Waals surface area (Å²) >= 11 is 0. The predicted molar refractivity (Wildman–Crippen MR) is 65.7 cm³/mol. The van der Waals surface area contributed by atoms with Gasteiger partial charge in [0.25, 0.3) is 5.56 Å². The summed E-state index contributed by atoms with van der Waals surface area (Å²) in [7, 11) is 1.21. The van der Waals surface area contributed by atoms with Gasteiger partial charge in [-0.3, -0.25) is 19.1 Å². The molecule has 0 bridgehead atoms. The summed E-state index contributed by atoms with van der Waals surface area (Å²) in [6, 6.07) is -0.808. The number of methoxy groups -OCH3 is 1. The monoisotopic (exact) mass is 269 g/mol. The van der Waals surface area contributed by atoms with Crippen molar-refractivity contribution in [2.75, 3.05) is 7.11 Å². The molecule has 0 aromatic carbocycles. The second-order valence-corrected chi connectivity index (χ2v) is 4.01. The zero-order chi connectivity index (χ0) is 14.6. The van der Waals surface area contributed by atoms with Crippen LogP contribution in [0.4, 0.5) is 0 Å². The van der Waals surface area contributed by atoms with E-state index in [2.05, 4.69) is 15.0 Å². The Balaban J connectivity index is 2.78. The Labute approximate surface area is 108 Å². The molecule has 0 saturated carbocycles. The van der Waals surface area contributed by atoms with E-state index in [9.17, 15) is 19.2 Å². The maximum absolute atomic E-state index is 11.6. The first-order valence-electron chi connectivity index (χ1n) is 5.52. The Morgan fingerprint density at radius 3 is 2.68 bits per heavy atom. The molecule has 104 valence electrons. The summed E-state index contributed by atoms with van der Waals surface area (Å²) in [5, 5.41) is 2.38. The fourth-order valence-corrected chi connectivity index (χ4v) is 1.41. The van der Waals surface area contributed by atoms with E-state index < -0.39 is 29.2 Å². The minimum Gasteiger partial charge on any atom is -0.467 e. The van der Waals surface area contributed by atoms with E-state index >= 15 is 0 Å². The Bertz CT molecular complexity index is 601. The van der Waals surface area contributed by atoms with Gasteiger partial charge in [-0.05, 0) is 13.8 Å². The molecule has 1 amide bonds. The first-order valence-corrected chi connectivity index (χ1v) is 5.52. The van der Waals surface area contributed by atoms with Crippen LogP contribution in [-0.4, -0.2) is 34.6 Å². The molecule has 0 fully saturated rings. The number of nitrogens with zero attached hydrogens (tertiary/aromatic N) is 1. The predicted octanol–water partition coefficient (Wildman–Crippen LogP) is -1.48. The van der Waals surface area contributed by atoms with Gasteiger partial charge in [0.1, 0.15) is 12.6 Å². The van der Waals surface area contributed by atoms with Crippen LogP contribution >= 0.6 is 0 Å².